The van der Waals surface area contributed by atoms with E-state index in [0.29, 0.717) is 17.4 Å². The van der Waals surface area contributed by atoms with Crippen molar-refractivity contribution < 1.29 is 37.8 Å². The second-order valence-corrected chi connectivity index (χ2v) is 5.48. The minimum absolute atomic E-state index is 0.137. The third-order valence-corrected chi connectivity index (χ3v) is 2.35. The molecule has 8 heteroatoms. The highest BCUT2D eigenvalue weighted by Gasteiger charge is 2.24. The second kappa shape index (κ2) is 12.7. The molecular weight excluding hydrogens is 306 g/mol. The van der Waals surface area contributed by atoms with E-state index in [2.05, 4.69) is 14.2 Å². The van der Waals surface area contributed by atoms with E-state index in [1.54, 1.807) is 0 Å². The summed E-state index contributed by atoms with van der Waals surface area (Å²) in [5, 5.41) is 0. The van der Waals surface area contributed by atoms with E-state index in [-0.39, 0.29) is 12.4 Å². The topological polar surface area (TPSA) is 88.1 Å². The highest BCUT2D eigenvalue weighted by Crippen LogP contribution is 2.09. The molecule has 0 aliphatic rings. The van der Waals surface area contributed by atoms with Crippen LogP contribution in [0.3, 0.4) is 0 Å². The largest absolute Gasteiger partial charge is 0.511 e. The zero-order valence-corrected chi connectivity index (χ0v) is 15.2. The number of esters is 2. The van der Waals surface area contributed by atoms with Gasteiger partial charge in [-0.3, -0.25) is 9.59 Å². The molecule has 1 unspecified atom stereocenters. The van der Waals surface area contributed by atoms with Crippen LogP contribution in [0.5, 0.6) is 0 Å². The van der Waals surface area contributed by atoms with Crippen LogP contribution in [0, 0.1) is 0 Å². The molecule has 0 spiro atoms. The Kier molecular flexibility index (Phi) is 12.9. The Bertz CT molecular complexity index is 363. The van der Waals surface area contributed by atoms with E-state index in [1.807, 2.05) is 35.0 Å². The van der Waals surface area contributed by atoms with Crippen molar-refractivity contribution in [3.8, 4) is 0 Å². The lowest BCUT2D eigenvalue weighted by molar-refractivity contribution is -0.873. The molecule has 136 valence electrons. The number of ether oxygens (including phenoxy) is 4. The third-order valence-electron chi connectivity index (χ3n) is 2.35. The van der Waals surface area contributed by atoms with E-state index < -0.39 is 25.0 Å². The Hall–Kier alpha value is -1.83. The van der Waals surface area contributed by atoms with Gasteiger partial charge in [0.2, 0.25) is 6.79 Å². The molecule has 23 heavy (non-hydrogen) atoms. The smallest absolute Gasteiger partial charge is 0.469 e. The summed E-state index contributed by atoms with van der Waals surface area (Å²) in [6, 6.07) is 0. The fourth-order valence-electron chi connectivity index (χ4n) is 1.51. The first-order chi connectivity index (χ1) is 10.6. The van der Waals surface area contributed by atoms with Gasteiger partial charge in [-0.15, -0.1) is 0 Å². The zero-order chi connectivity index (χ0) is 18.5. The predicted molar refractivity (Wildman–Crippen MR) is 83.5 cm³/mol. The summed E-state index contributed by atoms with van der Waals surface area (Å²) in [6.07, 6.45) is -0.989. The first-order valence-electron chi connectivity index (χ1n) is 7.48. The maximum absolute atomic E-state index is 11.5. The molecule has 0 radical (unpaired) electrons. The van der Waals surface area contributed by atoms with Gasteiger partial charge in [-0.25, -0.2) is 4.79 Å². The number of methoxy groups -OCH3 is 1. The van der Waals surface area contributed by atoms with Crippen LogP contribution in [0.2, 0.25) is 0 Å². The van der Waals surface area contributed by atoms with Gasteiger partial charge in [0.15, 0.2) is 6.10 Å². The molecular formula is C15H30NO7+. The van der Waals surface area contributed by atoms with Crippen molar-refractivity contribution in [2.24, 2.45) is 0 Å². The summed E-state index contributed by atoms with van der Waals surface area (Å²) in [5.41, 5.74) is 0. The Morgan fingerprint density at radius 1 is 1.04 bits per heavy atom. The van der Waals surface area contributed by atoms with Gasteiger partial charge in [0.1, 0.15) is 6.54 Å². The van der Waals surface area contributed by atoms with Crippen molar-refractivity contribution in [2.75, 3.05) is 41.6 Å². The molecule has 0 saturated heterocycles. The predicted octanol–water partition coefficient (Wildman–Crippen LogP) is 1.71. The molecule has 0 aliphatic carbocycles. The van der Waals surface area contributed by atoms with Crippen LogP contribution in [-0.4, -0.2) is 70.3 Å². The lowest BCUT2D eigenvalue weighted by Crippen LogP contribution is -2.43. The minimum atomic E-state index is -0.945. The van der Waals surface area contributed by atoms with Crippen LogP contribution in [0.1, 0.15) is 33.6 Å². The summed E-state index contributed by atoms with van der Waals surface area (Å²) in [4.78, 5) is 33.2. The average Bonchev–Trinajstić information content (AvgIpc) is 2.44. The van der Waals surface area contributed by atoms with E-state index in [1.165, 1.54) is 14.0 Å². The van der Waals surface area contributed by atoms with E-state index in [9.17, 15) is 14.4 Å². The molecule has 0 aromatic carbocycles. The van der Waals surface area contributed by atoms with Gasteiger partial charge >= 0.3 is 18.1 Å². The maximum atomic E-state index is 11.5. The molecule has 0 rings (SSSR count). The van der Waals surface area contributed by atoms with Crippen LogP contribution in [0.25, 0.3) is 0 Å². The Morgan fingerprint density at radius 2 is 1.61 bits per heavy atom. The molecule has 0 fully saturated rings. The zero-order valence-electron chi connectivity index (χ0n) is 15.2. The van der Waals surface area contributed by atoms with E-state index >= 15 is 0 Å². The number of likely N-dealkylation sites (N-methyl/N-ethyl adjacent to an activating group) is 1. The lowest BCUT2D eigenvalue weighted by Gasteiger charge is -2.28. The van der Waals surface area contributed by atoms with Gasteiger partial charge in [-0.1, -0.05) is 13.8 Å². The minimum Gasteiger partial charge on any atom is -0.469 e. The van der Waals surface area contributed by atoms with Crippen LogP contribution < -0.4 is 0 Å². The Balaban J connectivity index is 0. The van der Waals surface area contributed by atoms with Crippen LogP contribution in [-0.2, 0) is 28.5 Å². The van der Waals surface area contributed by atoms with Gasteiger partial charge in [0.25, 0.3) is 0 Å². The maximum Gasteiger partial charge on any atom is 0.511 e. The van der Waals surface area contributed by atoms with Crippen molar-refractivity contribution >= 4 is 18.1 Å². The lowest BCUT2D eigenvalue weighted by atomic mass is 10.2. The van der Waals surface area contributed by atoms with Crippen molar-refractivity contribution in [2.45, 2.75) is 39.7 Å². The fraction of sp³-hybridized carbons (Fsp3) is 0.800. The molecule has 1 atom stereocenters. The highest BCUT2D eigenvalue weighted by molar-refractivity contribution is 5.69. The number of quaternary nitrogens is 1. The molecule has 0 amide bonds. The molecule has 0 aliphatic heterocycles. The SMILES string of the molecule is CC.COC(=O)CCC(C[N+](C)(C)C)OC(=O)OCOC(C)=O. The molecule has 0 heterocycles. The van der Waals surface area contributed by atoms with Gasteiger partial charge in [0, 0.05) is 19.8 Å². The van der Waals surface area contributed by atoms with Gasteiger partial charge < -0.3 is 23.4 Å². The molecule has 8 nitrogen and oxygen atoms in total. The number of rotatable bonds is 8. The van der Waals surface area contributed by atoms with Crippen molar-refractivity contribution in [1.29, 1.82) is 0 Å². The van der Waals surface area contributed by atoms with E-state index in [4.69, 9.17) is 4.74 Å². The first-order valence-corrected chi connectivity index (χ1v) is 7.48. The average molecular weight is 336 g/mol. The Labute approximate surface area is 138 Å². The number of carbonyl (C=O) groups is 3. The number of carbonyl (C=O) groups excluding carboxylic acids is 3. The molecule has 0 saturated carbocycles. The van der Waals surface area contributed by atoms with Crippen molar-refractivity contribution in [1.82, 2.24) is 0 Å². The van der Waals surface area contributed by atoms with Gasteiger partial charge in [-0.05, 0) is 0 Å². The summed E-state index contributed by atoms with van der Waals surface area (Å²) >= 11 is 0. The van der Waals surface area contributed by atoms with Crippen LogP contribution >= 0.6 is 0 Å². The first kappa shape index (κ1) is 23.4. The summed E-state index contributed by atoms with van der Waals surface area (Å²) in [7, 11) is 7.08. The summed E-state index contributed by atoms with van der Waals surface area (Å²) < 4.78 is 19.3. The van der Waals surface area contributed by atoms with Crippen molar-refractivity contribution in [3.63, 3.8) is 0 Å². The molecule has 0 N–H and O–H groups in total. The van der Waals surface area contributed by atoms with Crippen LogP contribution in [0.4, 0.5) is 4.79 Å². The fourth-order valence-corrected chi connectivity index (χ4v) is 1.51. The normalized spacial score (nSPS) is 11.4. The molecule has 0 bridgehead atoms. The highest BCUT2D eigenvalue weighted by atomic mass is 16.8. The van der Waals surface area contributed by atoms with E-state index in [0.717, 1.165) is 0 Å². The monoisotopic (exact) mass is 336 g/mol. The standard InChI is InChI=1S/C13H24NO7.C2H6/c1-10(15)19-9-20-13(17)21-11(8-14(2,3)4)6-7-12(16)18-5;1-2/h11H,6-9H2,1-5H3;1-2H3/q+1;. The summed E-state index contributed by atoms with van der Waals surface area (Å²) in [5.74, 6) is -0.935. The van der Waals surface area contributed by atoms with Gasteiger partial charge in [-0.2, -0.15) is 0 Å². The van der Waals surface area contributed by atoms with Gasteiger partial charge in [0.05, 0.1) is 28.3 Å². The van der Waals surface area contributed by atoms with Crippen molar-refractivity contribution in [3.05, 3.63) is 0 Å². The Morgan fingerprint density at radius 3 is 2.04 bits per heavy atom. The quantitative estimate of drug-likeness (QED) is 0.288. The third kappa shape index (κ3) is 16.4. The molecule has 0 aromatic heterocycles. The second-order valence-electron chi connectivity index (χ2n) is 5.48. The number of hydrogen-bond acceptors (Lipinski definition) is 7. The summed E-state index contributed by atoms with van der Waals surface area (Å²) in [6.45, 7) is 5.20. The van der Waals surface area contributed by atoms with Crippen LogP contribution in [0.15, 0.2) is 0 Å². The number of nitrogens with zero attached hydrogens (tertiary/aromatic N) is 1. The molecule has 0 aromatic rings. The number of hydrogen-bond donors (Lipinski definition) is 0.